The summed E-state index contributed by atoms with van der Waals surface area (Å²) in [5.41, 5.74) is -2.53. The van der Waals surface area contributed by atoms with Gasteiger partial charge in [-0.05, 0) is 27.2 Å². The van der Waals surface area contributed by atoms with Crippen LogP contribution < -0.4 is 5.32 Å². The molecule has 0 atom stereocenters. The van der Waals surface area contributed by atoms with Crippen molar-refractivity contribution in [3.05, 3.63) is 22.5 Å². The fourth-order valence-electron chi connectivity index (χ4n) is 2.19. The van der Waals surface area contributed by atoms with Crippen molar-refractivity contribution in [1.29, 1.82) is 0 Å². The molecule has 2 rings (SSSR count). The molecule has 0 saturated carbocycles. The normalized spacial score (nSPS) is 12.4. The lowest BCUT2D eigenvalue weighted by atomic mass is 10.1. The molecule has 1 N–H and O–H groups in total. The first kappa shape index (κ1) is 19.4. The van der Waals surface area contributed by atoms with Crippen LogP contribution in [0.2, 0.25) is 0 Å². The number of amides is 1. The molecular weight excluding hydrogens is 355 g/mol. The molecule has 0 aliphatic carbocycles. The molecule has 2 aromatic rings. The summed E-state index contributed by atoms with van der Waals surface area (Å²) in [6, 6.07) is 0. The van der Waals surface area contributed by atoms with Gasteiger partial charge in [-0.2, -0.15) is 18.3 Å². The van der Waals surface area contributed by atoms with E-state index in [1.165, 1.54) is 0 Å². The number of carbonyl (C=O) groups excluding carboxylic acids is 1. The van der Waals surface area contributed by atoms with Crippen LogP contribution in [0, 0.1) is 0 Å². The highest BCUT2D eigenvalue weighted by molar-refractivity contribution is 7.15. The molecule has 10 heteroatoms. The van der Waals surface area contributed by atoms with Crippen molar-refractivity contribution in [3.63, 3.8) is 0 Å². The van der Waals surface area contributed by atoms with Crippen molar-refractivity contribution in [2.24, 2.45) is 0 Å². The Morgan fingerprint density at radius 3 is 2.52 bits per heavy atom. The Hall–Kier alpha value is -1.97. The average Bonchev–Trinajstić information content (AvgIpc) is 3.10. The number of unbranched alkanes of at least 4 members (excludes halogenated alkanes) is 1. The lowest BCUT2D eigenvalue weighted by Crippen LogP contribution is -2.30. The van der Waals surface area contributed by atoms with Crippen LogP contribution >= 0.6 is 11.3 Å². The molecule has 6 nitrogen and oxygen atoms in total. The molecule has 0 radical (unpaired) electrons. The quantitative estimate of drug-likeness (QED) is 0.854. The third kappa shape index (κ3) is 4.56. The molecule has 0 saturated heterocycles. The molecule has 0 spiro atoms. The van der Waals surface area contributed by atoms with Gasteiger partial charge < -0.3 is 0 Å². The maximum Gasteiger partial charge on any atom is 0.433 e. The van der Waals surface area contributed by atoms with Gasteiger partial charge in [-0.1, -0.05) is 24.7 Å². The van der Waals surface area contributed by atoms with Crippen LogP contribution in [0.3, 0.4) is 0 Å². The van der Waals surface area contributed by atoms with Crippen LogP contribution in [0.15, 0.2) is 6.20 Å². The average molecular weight is 375 g/mol. The Balaban J connectivity index is 2.28. The minimum absolute atomic E-state index is 0.174. The standard InChI is InChI=1S/C15H20F3N5OS/c1-5-6-7-10-21-22-13(25-10)20-12(24)9-8-19-23(14(2,3)4)11(9)15(16,17)18/h8H,5-7H2,1-4H3,(H,20,22,24). The van der Waals surface area contributed by atoms with E-state index in [0.717, 1.165) is 46.5 Å². The number of carbonyl (C=O) groups is 1. The van der Waals surface area contributed by atoms with Crippen LogP contribution in [-0.2, 0) is 18.1 Å². The third-order valence-corrected chi connectivity index (χ3v) is 4.25. The Bertz CT molecular complexity index is 745. The van der Waals surface area contributed by atoms with Crippen LogP contribution in [0.1, 0.15) is 61.6 Å². The van der Waals surface area contributed by atoms with E-state index in [1.54, 1.807) is 20.8 Å². The lowest BCUT2D eigenvalue weighted by molar-refractivity contribution is -0.146. The van der Waals surface area contributed by atoms with E-state index in [9.17, 15) is 18.0 Å². The SMILES string of the molecule is CCCCc1nnc(NC(=O)c2cnn(C(C)(C)C)c2C(F)(F)F)s1. The van der Waals surface area contributed by atoms with Crippen LogP contribution in [0.25, 0.3) is 0 Å². The van der Waals surface area contributed by atoms with Crippen molar-refractivity contribution in [1.82, 2.24) is 20.0 Å². The third-order valence-electron chi connectivity index (χ3n) is 3.35. The summed E-state index contributed by atoms with van der Waals surface area (Å²) in [7, 11) is 0. The fourth-order valence-corrected chi connectivity index (χ4v) is 2.97. The van der Waals surface area contributed by atoms with Gasteiger partial charge in [-0.15, -0.1) is 10.2 Å². The second-order valence-electron chi connectivity index (χ2n) is 6.55. The van der Waals surface area contributed by atoms with Crippen molar-refractivity contribution in [2.45, 2.75) is 58.7 Å². The summed E-state index contributed by atoms with van der Waals surface area (Å²) >= 11 is 1.16. The van der Waals surface area contributed by atoms with Crippen LogP contribution in [0.4, 0.5) is 18.3 Å². The highest BCUT2D eigenvalue weighted by Crippen LogP contribution is 2.35. The second-order valence-corrected chi connectivity index (χ2v) is 7.61. The van der Waals surface area contributed by atoms with Gasteiger partial charge in [0.2, 0.25) is 5.13 Å². The molecular formula is C15H20F3N5OS. The predicted molar refractivity (Wildman–Crippen MR) is 88.7 cm³/mol. The zero-order valence-electron chi connectivity index (χ0n) is 14.4. The van der Waals surface area contributed by atoms with Crippen molar-refractivity contribution in [2.75, 3.05) is 5.32 Å². The minimum Gasteiger partial charge on any atom is -0.296 e. The number of nitrogens with zero attached hydrogens (tertiary/aromatic N) is 4. The van der Waals surface area contributed by atoms with E-state index >= 15 is 0 Å². The topological polar surface area (TPSA) is 72.7 Å². The molecule has 1 amide bonds. The van der Waals surface area contributed by atoms with Gasteiger partial charge >= 0.3 is 6.18 Å². The van der Waals surface area contributed by atoms with Crippen molar-refractivity contribution in [3.8, 4) is 0 Å². The first-order chi connectivity index (χ1) is 11.5. The van der Waals surface area contributed by atoms with Gasteiger partial charge in [0.05, 0.1) is 17.3 Å². The van der Waals surface area contributed by atoms with E-state index in [4.69, 9.17) is 0 Å². The van der Waals surface area contributed by atoms with Gasteiger partial charge in [-0.25, -0.2) is 0 Å². The molecule has 2 heterocycles. The zero-order chi connectivity index (χ0) is 18.8. The smallest absolute Gasteiger partial charge is 0.296 e. The summed E-state index contributed by atoms with van der Waals surface area (Å²) in [5, 5.41) is 14.8. The Kier molecular flexibility index (Phi) is 5.50. The van der Waals surface area contributed by atoms with Crippen LogP contribution in [0.5, 0.6) is 0 Å². The van der Waals surface area contributed by atoms with E-state index in [2.05, 4.69) is 20.6 Å². The molecule has 0 aromatic carbocycles. The number of nitrogens with one attached hydrogen (secondary N) is 1. The fraction of sp³-hybridized carbons (Fsp3) is 0.600. The Morgan fingerprint density at radius 1 is 1.28 bits per heavy atom. The molecule has 0 aliphatic heterocycles. The summed E-state index contributed by atoms with van der Waals surface area (Å²) < 4.78 is 41.2. The molecule has 0 unspecified atom stereocenters. The molecule has 0 bridgehead atoms. The number of hydrogen-bond donors (Lipinski definition) is 1. The summed E-state index contributed by atoms with van der Waals surface area (Å²) in [6.07, 6.45) is -1.13. The summed E-state index contributed by atoms with van der Waals surface area (Å²) in [6.45, 7) is 6.79. The highest BCUT2D eigenvalue weighted by atomic mass is 32.1. The first-order valence-electron chi connectivity index (χ1n) is 7.83. The Labute approximate surface area is 147 Å². The number of aryl methyl sites for hydroxylation is 1. The summed E-state index contributed by atoms with van der Waals surface area (Å²) in [5.74, 6) is -0.902. The van der Waals surface area contributed by atoms with Gasteiger partial charge in [0.25, 0.3) is 5.91 Å². The minimum atomic E-state index is -4.70. The summed E-state index contributed by atoms with van der Waals surface area (Å²) in [4.78, 5) is 12.3. The predicted octanol–water partition coefficient (Wildman–Crippen LogP) is 4.10. The maximum atomic E-state index is 13.4. The molecule has 2 aromatic heterocycles. The highest BCUT2D eigenvalue weighted by Gasteiger charge is 2.42. The van der Waals surface area contributed by atoms with Gasteiger partial charge in [-0.3, -0.25) is 14.8 Å². The number of halogens is 3. The number of rotatable bonds is 5. The van der Waals surface area contributed by atoms with Crippen LogP contribution in [-0.4, -0.2) is 25.9 Å². The monoisotopic (exact) mass is 375 g/mol. The number of hydrogen-bond acceptors (Lipinski definition) is 5. The van der Waals surface area contributed by atoms with Gasteiger partial charge in [0, 0.05) is 6.42 Å². The largest absolute Gasteiger partial charge is 0.433 e. The molecule has 25 heavy (non-hydrogen) atoms. The van der Waals surface area contributed by atoms with E-state index < -0.39 is 28.9 Å². The first-order valence-corrected chi connectivity index (χ1v) is 8.65. The maximum absolute atomic E-state index is 13.4. The Morgan fingerprint density at radius 2 is 1.96 bits per heavy atom. The lowest BCUT2D eigenvalue weighted by Gasteiger charge is -2.23. The van der Waals surface area contributed by atoms with Gasteiger partial charge in [0.1, 0.15) is 5.01 Å². The van der Waals surface area contributed by atoms with E-state index in [1.807, 2.05) is 6.92 Å². The van der Waals surface area contributed by atoms with Gasteiger partial charge in [0.15, 0.2) is 5.69 Å². The number of anilines is 1. The van der Waals surface area contributed by atoms with Crippen molar-refractivity contribution < 1.29 is 18.0 Å². The van der Waals surface area contributed by atoms with E-state index in [0.29, 0.717) is 0 Å². The molecule has 0 aliphatic rings. The number of alkyl halides is 3. The van der Waals surface area contributed by atoms with E-state index in [-0.39, 0.29) is 5.13 Å². The second kappa shape index (κ2) is 7.11. The molecule has 138 valence electrons. The number of aromatic nitrogens is 4. The molecule has 0 fully saturated rings. The zero-order valence-corrected chi connectivity index (χ0v) is 15.3. The van der Waals surface area contributed by atoms with Crippen molar-refractivity contribution >= 4 is 22.4 Å².